The zero-order chi connectivity index (χ0) is 17.1. The predicted molar refractivity (Wildman–Crippen MR) is 77.3 cm³/mol. The number of phenols is 2. The Labute approximate surface area is 127 Å². The maximum absolute atomic E-state index is 11.9. The van der Waals surface area contributed by atoms with Gasteiger partial charge >= 0.3 is 6.09 Å². The van der Waals surface area contributed by atoms with E-state index in [0.29, 0.717) is 0 Å². The largest absolute Gasteiger partial charge is 0.504 e. The number of sulfonamides is 1. The average molecular weight is 331 g/mol. The molecule has 0 saturated heterocycles. The molecule has 0 heterocycles. The van der Waals surface area contributed by atoms with Crippen LogP contribution in [-0.4, -0.2) is 41.9 Å². The molecule has 0 aliphatic carbocycles. The maximum Gasteiger partial charge on any atom is 0.421 e. The number of hydrogen-bond donors (Lipinski definition) is 3. The molecule has 22 heavy (non-hydrogen) atoms. The third-order valence-corrected chi connectivity index (χ3v) is 3.39. The number of aromatic hydroxyl groups is 2. The number of ketones is 1. The Morgan fingerprint density at radius 3 is 2.36 bits per heavy atom. The topological polar surface area (TPSA) is 130 Å². The molecule has 0 atom stereocenters. The first-order valence-corrected chi connectivity index (χ1v) is 7.84. The molecule has 0 aromatic heterocycles. The lowest BCUT2D eigenvalue weighted by atomic mass is 10.1. The molecule has 0 fully saturated rings. The monoisotopic (exact) mass is 331 g/mol. The Kier molecular flexibility index (Phi) is 5.02. The summed E-state index contributed by atoms with van der Waals surface area (Å²) in [6.07, 6.45) is -1.21. The van der Waals surface area contributed by atoms with E-state index in [1.165, 1.54) is 6.07 Å². The van der Waals surface area contributed by atoms with Gasteiger partial charge in [-0.25, -0.2) is 17.9 Å². The van der Waals surface area contributed by atoms with Gasteiger partial charge in [-0.15, -0.1) is 0 Å². The van der Waals surface area contributed by atoms with E-state index in [4.69, 9.17) is 4.74 Å². The predicted octanol–water partition coefficient (Wildman–Crippen LogP) is 1.13. The molecule has 0 aliphatic rings. The minimum atomic E-state index is -4.30. The van der Waals surface area contributed by atoms with Crippen LogP contribution in [0, 0.1) is 0 Å². The second kappa shape index (κ2) is 6.22. The van der Waals surface area contributed by atoms with Crippen molar-refractivity contribution < 1.29 is 33.0 Å². The molecule has 1 aromatic rings. The highest BCUT2D eigenvalue weighted by atomic mass is 32.2. The fourth-order valence-corrected chi connectivity index (χ4v) is 2.34. The molecule has 1 amide bonds. The molecule has 3 N–H and O–H groups in total. The molecule has 1 rings (SSSR count). The van der Waals surface area contributed by atoms with E-state index >= 15 is 0 Å². The molecule has 0 aliphatic heterocycles. The Bertz CT molecular complexity index is 689. The van der Waals surface area contributed by atoms with Gasteiger partial charge in [0, 0.05) is 0 Å². The highest BCUT2D eigenvalue weighted by Crippen LogP contribution is 2.28. The zero-order valence-electron chi connectivity index (χ0n) is 12.3. The van der Waals surface area contributed by atoms with Gasteiger partial charge in [-0.2, -0.15) is 0 Å². The summed E-state index contributed by atoms with van der Waals surface area (Å²) >= 11 is 0. The zero-order valence-corrected chi connectivity index (χ0v) is 13.1. The molecule has 0 spiro atoms. The van der Waals surface area contributed by atoms with Crippen molar-refractivity contribution in [3.8, 4) is 11.5 Å². The lowest BCUT2D eigenvalue weighted by molar-refractivity contribution is 0.0570. The van der Waals surface area contributed by atoms with Crippen LogP contribution in [0.25, 0.3) is 0 Å². The van der Waals surface area contributed by atoms with Crippen LogP contribution in [0.5, 0.6) is 11.5 Å². The summed E-state index contributed by atoms with van der Waals surface area (Å²) in [5.41, 5.74) is -1.26. The lowest BCUT2D eigenvalue weighted by Crippen LogP contribution is -2.39. The van der Waals surface area contributed by atoms with E-state index in [-0.39, 0.29) is 5.56 Å². The van der Waals surface area contributed by atoms with Gasteiger partial charge in [0.2, 0.25) is 10.0 Å². The molecule has 9 heteroatoms. The number of Topliss-reactive ketones (excluding diaryl/α,β-unsaturated/α-hetero) is 1. The minimum Gasteiger partial charge on any atom is -0.504 e. The average Bonchev–Trinajstić information content (AvgIpc) is 2.28. The second-order valence-electron chi connectivity index (χ2n) is 5.46. The minimum absolute atomic E-state index is 0.366. The van der Waals surface area contributed by atoms with Crippen LogP contribution in [0.3, 0.4) is 0 Å². The van der Waals surface area contributed by atoms with Crippen molar-refractivity contribution >= 4 is 21.9 Å². The molecule has 8 nitrogen and oxygen atoms in total. The van der Waals surface area contributed by atoms with Crippen molar-refractivity contribution in [2.24, 2.45) is 0 Å². The number of amides is 1. The summed E-state index contributed by atoms with van der Waals surface area (Å²) in [4.78, 5) is 23.3. The van der Waals surface area contributed by atoms with Crippen molar-refractivity contribution in [2.75, 3.05) is 5.75 Å². The van der Waals surface area contributed by atoms with Gasteiger partial charge in [-0.3, -0.25) is 4.79 Å². The van der Waals surface area contributed by atoms with Gasteiger partial charge < -0.3 is 14.9 Å². The number of benzene rings is 1. The number of carbonyl (C=O) groups excluding carboxylic acids is 2. The molecule has 0 radical (unpaired) electrons. The summed E-state index contributed by atoms with van der Waals surface area (Å²) in [6.45, 7) is 4.65. The smallest absolute Gasteiger partial charge is 0.421 e. The molecule has 0 bridgehead atoms. The van der Waals surface area contributed by atoms with E-state index in [9.17, 15) is 28.2 Å². The fraction of sp³-hybridized carbons (Fsp3) is 0.385. The van der Waals surface area contributed by atoms with Crippen LogP contribution < -0.4 is 4.72 Å². The van der Waals surface area contributed by atoms with Crippen LogP contribution in [0.4, 0.5) is 4.79 Å². The van der Waals surface area contributed by atoms with Crippen LogP contribution in [-0.2, 0) is 14.8 Å². The van der Waals surface area contributed by atoms with Crippen molar-refractivity contribution in [1.29, 1.82) is 0 Å². The van der Waals surface area contributed by atoms with Crippen molar-refractivity contribution in [3.63, 3.8) is 0 Å². The number of rotatable bonds is 4. The van der Waals surface area contributed by atoms with Crippen LogP contribution >= 0.6 is 0 Å². The van der Waals surface area contributed by atoms with E-state index in [1.54, 1.807) is 25.5 Å². The number of ether oxygens (including phenoxy) is 1. The van der Waals surface area contributed by atoms with Crippen molar-refractivity contribution in [2.45, 2.75) is 26.4 Å². The van der Waals surface area contributed by atoms with E-state index in [1.807, 2.05) is 0 Å². The molecule has 0 saturated carbocycles. The summed E-state index contributed by atoms with van der Waals surface area (Å²) in [5.74, 6) is -3.34. The number of phenolic OH excluding ortho intramolecular Hbond substituents is 2. The third kappa shape index (κ3) is 5.24. The summed E-state index contributed by atoms with van der Waals surface area (Å²) in [6, 6.07) is 3.57. The standard InChI is InChI=1S/C13H17NO7S/c1-13(2,3)21-12(18)14-22(19,20)7-10(16)8-5-4-6-9(15)11(8)17/h4-6,15,17H,7H2,1-3H3,(H,14,18). The first-order chi connectivity index (χ1) is 9.91. The quantitative estimate of drug-likeness (QED) is 0.557. The summed E-state index contributed by atoms with van der Waals surface area (Å²) < 4.78 is 29.8. The summed E-state index contributed by atoms with van der Waals surface area (Å²) in [5, 5.41) is 18.8. The van der Waals surface area contributed by atoms with Crippen LogP contribution in [0.2, 0.25) is 0 Å². The first-order valence-electron chi connectivity index (χ1n) is 6.19. The SMILES string of the molecule is CC(C)(C)OC(=O)NS(=O)(=O)CC(=O)c1cccc(O)c1O. The molecule has 0 unspecified atom stereocenters. The van der Waals surface area contributed by atoms with Gasteiger partial charge in [0.05, 0.1) is 5.56 Å². The first kappa shape index (κ1) is 17.8. The number of para-hydroxylation sites is 1. The Morgan fingerprint density at radius 2 is 1.82 bits per heavy atom. The number of carbonyl (C=O) groups is 2. The van der Waals surface area contributed by atoms with Crippen molar-refractivity contribution in [1.82, 2.24) is 4.72 Å². The van der Waals surface area contributed by atoms with E-state index < -0.39 is 44.8 Å². The Morgan fingerprint density at radius 1 is 1.23 bits per heavy atom. The van der Waals surface area contributed by atoms with Gasteiger partial charge in [0.15, 0.2) is 17.3 Å². The van der Waals surface area contributed by atoms with Crippen LogP contribution in [0.1, 0.15) is 31.1 Å². The number of nitrogens with one attached hydrogen (secondary N) is 1. The second-order valence-corrected chi connectivity index (χ2v) is 7.18. The Hall–Kier alpha value is -2.29. The van der Waals surface area contributed by atoms with Gasteiger partial charge in [-0.1, -0.05) is 6.07 Å². The van der Waals surface area contributed by atoms with Crippen molar-refractivity contribution in [3.05, 3.63) is 23.8 Å². The number of hydrogen-bond acceptors (Lipinski definition) is 7. The van der Waals surface area contributed by atoms with Gasteiger partial charge in [-0.05, 0) is 32.9 Å². The molecule has 122 valence electrons. The maximum atomic E-state index is 11.9. The van der Waals surface area contributed by atoms with Gasteiger partial charge in [0.25, 0.3) is 0 Å². The summed E-state index contributed by atoms with van der Waals surface area (Å²) in [7, 11) is -4.30. The highest BCUT2D eigenvalue weighted by molar-refractivity contribution is 7.90. The molecule has 1 aromatic carbocycles. The normalized spacial score (nSPS) is 11.8. The fourth-order valence-electron chi connectivity index (χ4n) is 1.47. The molecular formula is C13H17NO7S. The van der Waals surface area contributed by atoms with E-state index in [2.05, 4.69) is 0 Å². The lowest BCUT2D eigenvalue weighted by Gasteiger charge is -2.19. The van der Waals surface area contributed by atoms with Gasteiger partial charge in [0.1, 0.15) is 11.4 Å². The van der Waals surface area contributed by atoms with E-state index in [0.717, 1.165) is 12.1 Å². The molecular weight excluding hydrogens is 314 g/mol. The highest BCUT2D eigenvalue weighted by Gasteiger charge is 2.25. The Balaban J connectivity index is 2.82. The van der Waals surface area contributed by atoms with Crippen LogP contribution in [0.15, 0.2) is 18.2 Å². The third-order valence-electron chi connectivity index (χ3n) is 2.27.